The molecule has 0 aromatic heterocycles. The average molecular weight is 442 g/mol. The molecule has 0 bridgehead atoms. The van der Waals surface area contributed by atoms with E-state index in [1.165, 1.54) is 17.3 Å². The summed E-state index contributed by atoms with van der Waals surface area (Å²) < 4.78 is 12.4. The number of thioether (sulfide) groups is 1. The standard InChI is InChI=1S/C24H27NO3S2/c1-5-17(4)25-23(26)22(30-24(25)29)14-19-11-12-20(21(13-19)27-6-2)28-15-18-9-7-16(3)8-10-18/h7-14,17H,5-6,15H2,1-4H3/b22-14-. The van der Waals surface area contributed by atoms with Gasteiger partial charge in [-0.2, -0.15) is 0 Å². The molecule has 0 saturated carbocycles. The molecule has 1 atom stereocenters. The molecule has 0 spiro atoms. The fraction of sp³-hybridized carbons (Fsp3) is 0.333. The summed E-state index contributed by atoms with van der Waals surface area (Å²) in [6.45, 7) is 9.06. The first-order valence-electron chi connectivity index (χ1n) is 10.1. The monoisotopic (exact) mass is 441 g/mol. The third-order valence-corrected chi connectivity index (χ3v) is 6.27. The van der Waals surface area contributed by atoms with Crippen LogP contribution in [0, 0.1) is 6.92 Å². The lowest BCUT2D eigenvalue weighted by Gasteiger charge is -2.21. The second kappa shape index (κ2) is 10.1. The first kappa shape index (κ1) is 22.4. The normalized spacial score (nSPS) is 16.3. The van der Waals surface area contributed by atoms with Crippen LogP contribution in [0.25, 0.3) is 6.08 Å². The summed E-state index contributed by atoms with van der Waals surface area (Å²) in [6, 6.07) is 14.1. The molecule has 2 aromatic rings. The SMILES string of the molecule is CCOc1cc(/C=C2\SC(=S)N(C(C)CC)C2=O)ccc1OCc1ccc(C)cc1. The molecule has 158 valence electrons. The molecule has 2 aromatic carbocycles. The maximum absolute atomic E-state index is 12.8. The van der Waals surface area contributed by atoms with E-state index in [2.05, 4.69) is 38.1 Å². The van der Waals surface area contributed by atoms with Crippen LogP contribution in [0.4, 0.5) is 0 Å². The van der Waals surface area contributed by atoms with E-state index in [0.29, 0.717) is 33.9 Å². The van der Waals surface area contributed by atoms with Crippen molar-refractivity contribution in [2.75, 3.05) is 6.61 Å². The topological polar surface area (TPSA) is 38.8 Å². The third-order valence-electron chi connectivity index (χ3n) is 4.94. The Balaban J connectivity index is 1.79. The van der Waals surface area contributed by atoms with Crippen LogP contribution in [-0.4, -0.2) is 27.8 Å². The van der Waals surface area contributed by atoms with Crippen LogP contribution in [0.15, 0.2) is 47.4 Å². The Kier molecular flexibility index (Phi) is 7.56. The molecule has 0 aliphatic carbocycles. The lowest BCUT2D eigenvalue weighted by Crippen LogP contribution is -2.36. The Morgan fingerprint density at radius 3 is 2.50 bits per heavy atom. The molecule has 1 aliphatic rings. The van der Waals surface area contributed by atoms with Gasteiger partial charge in [0.1, 0.15) is 10.9 Å². The number of thiocarbonyl (C=S) groups is 1. The van der Waals surface area contributed by atoms with E-state index >= 15 is 0 Å². The van der Waals surface area contributed by atoms with E-state index in [0.717, 1.165) is 17.5 Å². The molecule has 1 fully saturated rings. The maximum atomic E-state index is 12.8. The van der Waals surface area contributed by atoms with E-state index in [1.807, 2.05) is 38.1 Å². The van der Waals surface area contributed by atoms with Gasteiger partial charge < -0.3 is 9.47 Å². The highest BCUT2D eigenvalue weighted by atomic mass is 32.2. The molecule has 6 heteroatoms. The molecular formula is C24H27NO3S2. The predicted molar refractivity (Wildman–Crippen MR) is 128 cm³/mol. The van der Waals surface area contributed by atoms with Gasteiger partial charge in [0.05, 0.1) is 11.5 Å². The largest absolute Gasteiger partial charge is 0.490 e. The molecule has 3 rings (SSSR count). The quantitative estimate of drug-likeness (QED) is 0.373. The Morgan fingerprint density at radius 2 is 1.83 bits per heavy atom. The molecule has 30 heavy (non-hydrogen) atoms. The summed E-state index contributed by atoms with van der Waals surface area (Å²) >= 11 is 6.76. The number of amides is 1. The van der Waals surface area contributed by atoms with Crippen molar-refractivity contribution < 1.29 is 14.3 Å². The van der Waals surface area contributed by atoms with Crippen molar-refractivity contribution in [1.29, 1.82) is 0 Å². The molecule has 1 aliphatic heterocycles. The predicted octanol–water partition coefficient (Wildman–Crippen LogP) is 5.97. The van der Waals surface area contributed by atoms with Gasteiger partial charge in [0.2, 0.25) is 0 Å². The lowest BCUT2D eigenvalue weighted by molar-refractivity contribution is -0.123. The third kappa shape index (κ3) is 5.24. The van der Waals surface area contributed by atoms with Gasteiger partial charge in [0.15, 0.2) is 11.5 Å². The van der Waals surface area contributed by atoms with E-state index in [4.69, 9.17) is 21.7 Å². The minimum Gasteiger partial charge on any atom is -0.490 e. The summed E-state index contributed by atoms with van der Waals surface area (Å²) in [5, 5.41) is 0. The van der Waals surface area contributed by atoms with Gasteiger partial charge in [-0.05, 0) is 56.5 Å². The minimum absolute atomic E-state index is 0.0305. The smallest absolute Gasteiger partial charge is 0.266 e. The summed E-state index contributed by atoms with van der Waals surface area (Å²) in [6.07, 6.45) is 2.73. The van der Waals surface area contributed by atoms with Crippen molar-refractivity contribution in [3.8, 4) is 11.5 Å². The van der Waals surface area contributed by atoms with Crippen LogP contribution in [0.2, 0.25) is 0 Å². The number of benzene rings is 2. The second-order valence-electron chi connectivity index (χ2n) is 7.22. The molecule has 1 unspecified atom stereocenters. The Morgan fingerprint density at radius 1 is 1.10 bits per heavy atom. The molecule has 1 heterocycles. The minimum atomic E-state index is -0.0305. The fourth-order valence-electron chi connectivity index (χ4n) is 3.04. The van der Waals surface area contributed by atoms with Gasteiger partial charge in [0.25, 0.3) is 5.91 Å². The molecule has 4 nitrogen and oxygen atoms in total. The summed E-state index contributed by atoms with van der Waals surface area (Å²) in [4.78, 5) is 15.1. The number of aryl methyl sites for hydroxylation is 1. The zero-order chi connectivity index (χ0) is 21.7. The number of hydrogen-bond acceptors (Lipinski definition) is 5. The number of hydrogen-bond donors (Lipinski definition) is 0. The van der Waals surface area contributed by atoms with Crippen LogP contribution in [0.5, 0.6) is 11.5 Å². The maximum Gasteiger partial charge on any atom is 0.266 e. The van der Waals surface area contributed by atoms with Gasteiger partial charge in [-0.25, -0.2) is 0 Å². The van der Waals surface area contributed by atoms with Gasteiger partial charge in [0, 0.05) is 6.04 Å². The Hall–Kier alpha value is -2.31. The van der Waals surface area contributed by atoms with Crippen LogP contribution in [0.3, 0.4) is 0 Å². The number of carbonyl (C=O) groups is 1. The van der Waals surface area contributed by atoms with E-state index in [-0.39, 0.29) is 11.9 Å². The zero-order valence-corrected chi connectivity index (χ0v) is 19.4. The van der Waals surface area contributed by atoms with Crippen LogP contribution >= 0.6 is 24.0 Å². The van der Waals surface area contributed by atoms with E-state index in [1.54, 1.807) is 4.90 Å². The van der Waals surface area contributed by atoms with Crippen molar-refractivity contribution in [3.63, 3.8) is 0 Å². The lowest BCUT2D eigenvalue weighted by atomic mass is 10.1. The number of carbonyl (C=O) groups excluding carboxylic acids is 1. The molecule has 0 radical (unpaired) electrons. The molecular weight excluding hydrogens is 414 g/mol. The van der Waals surface area contributed by atoms with E-state index < -0.39 is 0 Å². The van der Waals surface area contributed by atoms with Gasteiger partial charge in [-0.1, -0.05) is 66.8 Å². The molecule has 0 N–H and O–H groups in total. The Labute approximate surface area is 188 Å². The van der Waals surface area contributed by atoms with Crippen molar-refractivity contribution in [2.45, 2.75) is 46.8 Å². The number of nitrogens with zero attached hydrogens (tertiary/aromatic N) is 1. The van der Waals surface area contributed by atoms with Gasteiger partial charge in [-0.3, -0.25) is 9.69 Å². The van der Waals surface area contributed by atoms with Crippen LogP contribution in [-0.2, 0) is 11.4 Å². The van der Waals surface area contributed by atoms with Gasteiger partial charge >= 0.3 is 0 Å². The summed E-state index contributed by atoms with van der Waals surface area (Å²) in [5.41, 5.74) is 3.20. The second-order valence-corrected chi connectivity index (χ2v) is 8.90. The van der Waals surface area contributed by atoms with E-state index in [9.17, 15) is 4.79 Å². The Bertz CT molecular complexity index is 953. The van der Waals surface area contributed by atoms with Crippen LogP contribution < -0.4 is 9.47 Å². The highest BCUT2D eigenvalue weighted by Crippen LogP contribution is 2.36. The number of rotatable bonds is 8. The first-order chi connectivity index (χ1) is 14.4. The molecule has 1 amide bonds. The summed E-state index contributed by atoms with van der Waals surface area (Å²) in [7, 11) is 0. The van der Waals surface area contributed by atoms with Gasteiger partial charge in [-0.15, -0.1) is 0 Å². The highest BCUT2D eigenvalue weighted by molar-refractivity contribution is 8.26. The first-order valence-corrected chi connectivity index (χ1v) is 11.4. The highest BCUT2D eigenvalue weighted by Gasteiger charge is 2.34. The fourth-order valence-corrected chi connectivity index (χ4v) is 4.50. The zero-order valence-electron chi connectivity index (χ0n) is 17.8. The van der Waals surface area contributed by atoms with Crippen molar-refractivity contribution in [2.24, 2.45) is 0 Å². The molecule has 1 saturated heterocycles. The van der Waals surface area contributed by atoms with Crippen molar-refractivity contribution >= 4 is 40.3 Å². The van der Waals surface area contributed by atoms with Crippen LogP contribution in [0.1, 0.15) is 43.9 Å². The summed E-state index contributed by atoms with van der Waals surface area (Å²) in [5.74, 6) is 1.31. The number of ether oxygens (including phenoxy) is 2. The van der Waals surface area contributed by atoms with Crippen molar-refractivity contribution in [1.82, 2.24) is 4.90 Å². The van der Waals surface area contributed by atoms with Crippen molar-refractivity contribution in [3.05, 3.63) is 64.1 Å². The average Bonchev–Trinajstić information content (AvgIpc) is 3.01.